The molecule has 1 fully saturated rings. The maximum Gasteiger partial charge on any atom is 0.220 e. The van der Waals surface area contributed by atoms with Gasteiger partial charge in [-0.3, -0.25) is 4.79 Å². The number of piperidine rings is 1. The highest BCUT2D eigenvalue weighted by Gasteiger charge is 2.22. The lowest BCUT2D eigenvalue weighted by atomic mass is 9.96. The molecule has 0 spiro atoms. The van der Waals surface area contributed by atoms with E-state index in [4.69, 9.17) is 10.2 Å². The van der Waals surface area contributed by atoms with Crippen molar-refractivity contribution >= 4 is 11.9 Å². The fourth-order valence-corrected chi connectivity index (χ4v) is 3.20. The number of rotatable bonds is 9. The van der Waals surface area contributed by atoms with E-state index in [1.165, 1.54) is 0 Å². The molecule has 1 aliphatic rings. The minimum Gasteiger partial charge on any atom is -0.444 e. The summed E-state index contributed by atoms with van der Waals surface area (Å²) in [6.45, 7) is 11.0. The second-order valence-corrected chi connectivity index (χ2v) is 7.10. The first-order chi connectivity index (χ1) is 13.0. The van der Waals surface area contributed by atoms with Crippen molar-refractivity contribution in [2.75, 3.05) is 32.7 Å². The minimum atomic E-state index is -0.149. The lowest BCUT2D eigenvalue weighted by molar-refractivity contribution is -0.123. The van der Waals surface area contributed by atoms with Gasteiger partial charge in [-0.15, -0.1) is 0 Å². The number of primary amides is 1. The molecule has 2 rings (SSSR count). The van der Waals surface area contributed by atoms with Crippen LogP contribution in [0.4, 0.5) is 0 Å². The number of aryl methyl sites for hydroxylation is 2. The molecule has 27 heavy (non-hydrogen) atoms. The Morgan fingerprint density at radius 3 is 2.63 bits per heavy atom. The molecule has 2 heterocycles. The number of hydrogen-bond acceptors (Lipinski definition) is 5. The first-order valence-electron chi connectivity index (χ1n) is 9.96. The van der Waals surface area contributed by atoms with E-state index in [9.17, 15) is 4.79 Å². The topological polar surface area (TPSA) is 109 Å². The lowest BCUT2D eigenvalue weighted by Gasteiger charge is -2.30. The van der Waals surface area contributed by atoms with E-state index < -0.39 is 0 Å². The van der Waals surface area contributed by atoms with Crippen molar-refractivity contribution < 1.29 is 9.21 Å². The number of oxazole rings is 1. The summed E-state index contributed by atoms with van der Waals surface area (Å²) >= 11 is 0. The quantitative estimate of drug-likeness (QED) is 0.340. The van der Waals surface area contributed by atoms with E-state index in [1.807, 2.05) is 20.8 Å². The molecular weight excluding hydrogens is 344 g/mol. The Kier molecular flexibility index (Phi) is 8.57. The Morgan fingerprint density at radius 2 is 2.04 bits per heavy atom. The van der Waals surface area contributed by atoms with Crippen molar-refractivity contribution in [3.8, 4) is 0 Å². The molecule has 0 saturated carbocycles. The highest BCUT2D eigenvalue weighted by molar-refractivity contribution is 5.79. The third-order valence-corrected chi connectivity index (χ3v) is 4.97. The van der Waals surface area contributed by atoms with E-state index in [0.717, 1.165) is 75.8 Å². The number of nitrogens with one attached hydrogen (secondary N) is 2. The maximum atomic E-state index is 11.2. The van der Waals surface area contributed by atoms with Gasteiger partial charge in [0.05, 0.1) is 5.69 Å². The number of carbonyl (C=O) groups excluding carboxylic acids is 1. The number of unbranched alkanes of at least 4 members (excludes halogenated alkanes) is 1. The molecule has 0 atom stereocenters. The Balaban J connectivity index is 1.64. The summed E-state index contributed by atoms with van der Waals surface area (Å²) in [6.07, 6.45) is 3.97. The average molecular weight is 379 g/mol. The highest BCUT2D eigenvalue weighted by atomic mass is 16.4. The van der Waals surface area contributed by atoms with E-state index >= 15 is 0 Å². The second kappa shape index (κ2) is 10.9. The molecule has 0 aliphatic carbocycles. The highest BCUT2D eigenvalue weighted by Crippen LogP contribution is 2.16. The monoisotopic (exact) mass is 378 g/mol. The molecule has 1 saturated heterocycles. The molecule has 1 aromatic rings. The number of carbonyl (C=O) groups is 1. The van der Waals surface area contributed by atoms with Crippen LogP contribution in [0.15, 0.2) is 9.41 Å². The molecule has 152 valence electrons. The summed E-state index contributed by atoms with van der Waals surface area (Å²) in [7, 11) is 0. The first kappa shape index (κ1) is 21.2. The van der Waals surface area contributed by atoms with Crippen molar-refractivity contribution in [3.63, 3.8) is 0 Å². The van der Waals surface area contributed by atoms with Crippen LogP contribution in [-0.2, 0) is 11.3 Å². The summed E-state index contributed by atoms with van der Waals surface area (Å²) in [6, 6.07) is 0. The van der Waals surface area contributed by atoms with Crippen LogP contribution in [0.1, 0.15) is 50.0 Å². The molecule has 1 amide bonds. The van der Waals surface area contributed by atoms with Gasteiger partial charge in [-0.2, -0.15) is 0 Å². The maximum absolute atomic E-state index is 11.2. The fraction of sp³-hybridized carbons (Fsp3) is 0.737. The number of aliphatic imine (C=N–C) groups is 1. The van der Waals surface area contributed by atoms with Gasteiger partial charge in [0.25, 0.3) is 0 Å². The Labute approximate surface area is 162 Å². The number of aromatic nitrogens is 1. The molecule has 1 aromatic heterocycles. The van der Waals surface area contributed by atoms with Crippen molar-refractivity contribution in [2.45, 2.75) is 53.0 Å². The van der Waals surface area contributed by atoms with Crippen molar-refractivity contribution in [1.82, 2.24) is 20.5 Å². The van der Waals surface area contributed by atoms with Crippen molar-refractivity contribution in [1.29, 1.82) is 0 Å². The Bertz CT molecular complexity index is 600. The van der Waals surface area contributed by atoms with Gasteiger partial charge in [0.2, 0.25) is 11.8 Å². The van der Waals surface area contributed by atoms with Crippen LogP contribution in [0.25, 0.3) is 0 Å². The normalized spacial score (nSPS) is 16.5. The molecular formula is C19H34N6O2. The van der Waals surface area contributed by atoms with Crippen LogP contribution < -0.4 is 16.4 Å². The van der Waals surface area contributed by atoms with Crippen LogP contribution in [0.2, 0.25) is 0 Å². The molecule has 8 heteroatoms. The number of hydrogen-bond donors (Lipinski definition) is 3. The number of amides is 1. The number of guanidine groups is 1. The van der Waals surface area contributed by atoms with Crippen LogP contribution >= 0.6 is 0 Å². The predicted octanol–water partition coefficient (Wildman–Crippen LogP) is 1.32. The standard InChI is InChI=1S/C19H34N6O2/c1-4-21-19(23-13-17-24-14(2)15(3)27-17)22-9-5-6-10-25-11-7-16(8-12-25)18(20)26/h16H,4-13H2,1-3H3,(H2,20,26)(H2,21,22,23). The predicted molar refractivity (Wildman–Crippen MR) is 106 cm³/mol. The van der Waals surface area contributed by atoms with Crippen molar-refractivity contribution in [2.24, 2.45) is 16.6 Å². The van der Waals surface area contributed by atoms with Gasteiger partial charge in [-0.05, 0) is 66.1 Å². The number of nitrogens with zero attached hydrogens (tertiary/aromatic N) is 3. The Morgan fingerprint density at radius 1 is 1.30 bits per heavy atom. The van der Waals surface area contributed by atoms with Crippen molar-refractivity contribution in [3.05, 3.63) is 17.3 Å². The molecule has 0 radical (unpaired) electrons. The zero-order valence-electron chi connectivity index (χ0n) is 16.9. The third-order valence-electron chi connectivity index (χ3n) is 4.97. The first-order valence-corrected chi connectivity index (χ1v) is 9.96. The van der Waals surface area contributed by atoms with Gasteiger partial charge in [-0.25, -0.2) is 9.98 Å². The van der Waals surface area contributed by atoms with E-state index in [1.54, 1.807) is 0 Å². The average Bonchev–Trinajstić information content (AvgIpc) is 2.97. The second-order valence-electron chi connectivity index (χ2n) is 7.10. The Hall–Kier alpha value is -2.09. The molecule has 1 aliphatic heterocycles. The molecule has 0 unspecified atom stereocenters. The molecule has 0 bridgehead atoms. The summed E-state index contributed by atoms with van der Waals surface area (Å²) < 4.78 is 5.57. The van der Waals surface area contributed by atoms with E-state index in [0.29, 0.717) is 12.4 Å². The fourth-order valence-electron chi connectivity index (χ4n) is 3.20. The molecule has 0 aromatic carbocycles. The number of nitrogens with two attached hydrogens (primary N) is 1. The minimum absolute atomic E-state index is 0.0676. The number of likely N-dealkylation sites (tertiary alicyclic amines) is 1. The van der Waals surface area contributed by atoms with Crippen LogP contribution in [-0.4, -0.2) is 54.5 Å². The van der Waals surface area contributed by atoms with Gasteiger partial charge < -0.3 is 25.7 Å². The van der Waals surface area contributed by atoms with Crippen LogP contribution in [0.5, 0.6) is 0 Å². The third kappa shape index (κ3) is 7.21. The molecule has 4 N–H and O–H groups in total. The molecule has 8 nitrogen and oxygen atoms in total. The van der Waals surface area contributed by atoms with Gasteiger partial charge in [-0.1, -0.05) is 0 Å². The zero-order chi connectivity index (χ0) is 19.6. The summed E-state index contributed by atoms with van der Waals surface area (Å²) in [5, 5.41) is 6.61. The van der Waals surface area contributed by atoms with Gasteiger partial charge in [0.15, 0.2) is 5.96 Å². The largest absolute Gasteiger partial charge is 0.444 e. The van der Waals surface area contributed by atoms with Gasteiger partial charge in [0.1, 0.15) is 12.3 Å². The summed E-state index contributed by atoms with van der Waals surface area (Å²) in [5.41, 5.74) is 6.30. The van der Waals surface area contributed by atoms with E-state index in [-0.39, 0.29) is 11.8 Å². The summed E-state index contributed by atoms with van der Waals surface area (Å²) in [5.74, 6) is 2.19. The lowest BCUT2D eigenvalue weighted by Crippen LogP contribution is -2.39. The zero-order valence-corrected chi connectivity index (χ0v) is 16.9. The van der Waals surface area contributed by atoms with Crippen LogP contribution in [0, 0.1) is 19.8 Å². The SMILES string of the molecule is CCNC(=NCc1nc(C)c(C)o1)NCCCCN1CCC(C(N)=O)CC1. The summed E-state index contributed by atoms with van der Waals surface area (Å²) in [4.78, 5) is 22.5. The van der Waals surface area contributed by atoms with Gasteiger partial charge >= 0.3 is 0 Å². The van der Waals surface area contributed by atoms with Gasteiger partial charge in [0, 0.05) is 19.0 Å². The van der Waals surface area contributed by atoms with E-state index in [2.05, 4.69) is 25.5 Å². The smallest absolute Gasteiger partial charge is 0.220 e. The van der Waals surface area contributed by atoms with Crippen LogP contribution in [0.3, 0.4) is 0 Å².